The Morgan fingerprint density at radius 1 is 1.18 bits per heavy atom. The molecule has 2 N–H and O–H groups in total. The molecule has 0 radical (unpaired) electrons. The summed E-state index contributed by atoms with van der Waals surface area (Å²) in [5.74, 6) is 0.819. The van der Waals surface area contributed by atoms with Crippen molar-refractivity contribution in [2.75, 3.05) is 13.7 Å². The summed E-state index contributed by atoms with van der Waals surface area (Å²) in [5, 5.41) is 8.72. The monoisotopic (exact) mass is 372 g/mol. The van der Waals surface area contributed by atoms with Gasteiger partial charge in [-0.15, -0.1) is 0 Å². The van der Waals surface area contributed by atoms with Crippen molar-refractivity contribution in [1.82, 2.24) is 20.1 Å². The van der Waals surface area contributed by atoms with Crippen LogP contribution >= 0.6 is 0 Å². The smallest absolute Gasteiger partial charge is 0.254 e. The summed E-state index contributed by atoms with van der Waals surface area (Å²) in [4.78, 5) is 18.2. The van der Waals surface area contributed by atoms with Gasteiger partial charge in [0.25, 0.3) is 5.91 Å². The van der Waals surface area contributed by atoms with Crippen LogP contribution in [0.3, 0.4) is 0 Å². The Bertz CT molecular complexity index is 1170. The number of nitrogens with one attached hydrogen (secondary N) is 2. The van der Waals surface area contributed by atoms with Gasteiger partial charge in [-0.3, -0.25) is 9.89 Å². The first-order chi connectivity index (χ1) is 13.7. The fourth-order valence-corrected chi connectivity index (χ4v) is 3.90. The number of aromatic nitrogens is 3. The van der Waals surface area contributed by atoms with Crippen molar-refractivity contribution in [3.8, 4) is 17.0 Å². The highest BCUT2D eigenvalue weighted by molar-refractivity contribution is 5.98. The van der Waals surface area contributed by atoms with Crippen LogP contribution in [0, 0.1) is 0 Å². The maximum Gasteiger partial charge on any atom is 0.254 e. The number of para-hydroxylation sites is 1. The third-order valence-electron chi connectivity index (χ3n) is 5.38. The minimum absolute atomic E-state index is 0.0425. The van der Waals surface area contributed by atoms with E-state index >= 15 is 0 Å². The van der Waals surface area contributed by atoms with Crippen LogP contribution in [-0.2, 0) is 13.0 Å². The van der Waals surface area contributed by atoms with Crippen LogP contribution in [0.15, 0.2) is 54.7 Å². The lowest BCUT2D eigenvalue weighted by atomic mass is 9.99. The zero-order valence-electron chi connectivity index (χ0n) is 15.5. The van der Waals surface area contributed by atoms with Crippen LogP contribution in [0.25, 0.3) is 22.2 Å². The number of carbonyl (C=O) groups is 1. The molecule has 1 amide bonds. The van der Waals surface area contributed by atoms with E-state index in [-0.39, 0.29) is 5.91 Å². The Balaban J connectivity index is 1.47. The maximum absolute atomic E-state index is 13.1. The van der Waals surface area contributed by atoms with Crippen molar-refractivity contribution in [2.45, 2.75) is 13.0 Å². The van der Waals surface area contributed by atoms with Crippen molar-refractivity contribution >= 4 is 16.8 Å². The molecule has 0 unspecified atom stereocenters. The minimum Gasteiger partial charge on any atom is -0.496 e. The lowest BCUT2D eigenvalue weighted by molar-refractivity contribution is 0.0735. The van der Waals surface area contributed by atoms with Gasteiger partial charge in [-0.1, -0.05) is 12.1 Å². The van der Waals surface area contributed by atoms with E-state index < -0.39 is 0 Å². The standard InChI is InChI=1S/C22H20N4O2/c1-28-20-5-3-2-4-16(20)21-17-13-26(11-9-19(17)24-25-21)22(27)15-6-7-18-14(12-15)8-10-23-18/h2-8,10,12,23H,9,11,13H2,1H3,(H,24,25). The highest BCUT2D eigenvalue weighted by atomic mass is 16.5. The summed E-state index contributed by atoms with van der Waals surface area (Å²) in [6.07, 6.45) is 2.65. The van der Waals surface area contributed by atoms with Gasteiger partial charge in [0.05, 0.1) is 7.11 Å². The Morgan fingerprint density at radius 3 is 2.96 bits per heavy atom. The molecule has 28 heavy (non-hydrogen) atoms. The van der Waals surface area contributed by atoms with Gasteiger partial charge in [0, 0.05) is 59.0 Å². The van der Waals surface area contributed by atoms with Gasteiger partial charge in [-0.25, -0.2) is 0 Å². The van der Waals surface area contributed by atoms with Crippen molar-refractivity contribution in [3.63, 3.8) is 0 Å². The molecule has 0 atom stereocenters. The highest BCUT2D eigenvalue weighted by Gasteiger charge is 2.27. The zero-order valence-corrected chi connectivity index (χ0v) is 15.5. The van der Waals surface area contributed by atoms with Gasteiger partial charge < -0.3 is 14.6 Å². The van der Waals surface area contributed by atoms with E-state index in [0.29, 0.717) is 18.7 Å². The topological polar surface area (TPSA) is 74.0 Å². The summed E-state index contributed by atoms with van der Waals surface area (Å²) < 4.78 is 5.50. The van der Waals surface area contributed by atoms with Crippen LogP contribution in [0.2, 0.25) is 0 Å². The van der Waals surface area contributed by atoms with Gasteiger partial charge in [0.2, 0.25) is 0 Å². The first-order valence-corrected chi connectivity index (χ1v) is 9.30. The molecule has 0 fully saturated rings. The number of benzene rings is 2. The number of aromatic amines is 2. The largest absolute Gasteiger partial charge is 0.496 e. The van der Waals surface area contributed by atoms with E-state index in [9.17, 15) is 4.79 Å². The van der Waals surface area contributed by atoms with Gasteiger partial charge >= 0.3 is 0 Å². The third kappa shape index (κ3) is 2.65. The summed E-state index contributed by atoms with van der Waals surface area (Å²) in [6.45, 7) is 1.20. The lowest BCUT2D eigenvalue weighted by Gasteiger charge is -2.27. The Labute approximate surface area is 162 Å². The Kier molecular flexibility index (Phi) is 3.90. The van der Waals surface area contributed by atoms with Crippen LogP contribution in [0.5, 0.6) is 5.75 Å². The molecular weight excluding hydrogens is 352 g/mol. The number of carbonyl (C=O) groups excluding carboxylic acids is 1. The number of hydrogen-bond donors (Lipinski definition) is 2. The SMILES string of the molecule is COc1ccccc1-c1n[nH]c2c1CN(C(=O)c1ccc3[nH]ccc3c1)CC2. The van der Waals surface area contributed by atoms with Crippen LogP contribution in [0.1, 0.15) is 21.6 Å². The number of H-pyrrole nitrogens is 2. The Morgan fingerprint density at radius 2 is 2.07 bits per heavy atom. The molecule has 0 spiro atoms. The molecule has 2 aromatic heterocycles. The molecular formula is C22H20N4O2. The van der Waals surface area contributed by atoms with Crippen molar-refractivity contribution in [1.29, 1.82) is 0 Å². The maximum atomic E-state index is 13.1. The summed E-state index contributed by atoms with van der Waals surface area (Å²) in [7, 11) is 1.66. The number of ether oxygens (including phenoxy) is 1. The number of hydrogen-bond acceptors (Lipinski definition) is 3. The average Bonchev–Trinajstić information content (AvgIpc) is 3.38. The van der Waals surface area contributed by atoms with Gasteiger partial charge in [0.15, 0.2) is 0 Å². The molecule has 4 aromatic rings. The number of rotatable bonds is 3. The summed E-state index contributed by atoms with van der Waals surface area (Å²) in [5.41, 5.74) is 5.68. The van der Waals surface area contributed by atoms with E-state index in [2.05, 4.69) is 15.2 Å². The van der Waals surface area contributed by atoms with Crippen molar-refractivity contribution in [2.24, 2.45) is 0 Å². The molecule has 0 aliphatic carbocycles. The fourth-order valence-electron chi connectivity index (χ4n) is 3.90. The third-order valence-corrected chi connectivity index (χ3v) is 5.38. The van der Waals surface area contributed by atoms with Crippen LogP contribution < -0.4 is 4.74 Å². The van der Waals surface area contributed by atoms with Crippen molar-refractivity contribution in [3.05, 3.63) is 71.5 Å². The molecule has 0 bridgehead atoms. The second-order valence-corrected chi connectivity index (χ2v) is 6.99. The number of fused-ring (bicyclic) bond motifs is 2. The summed E-state index contributed by atoms with van der Waals surface area (Å²) >= 11 is 0. The first kappa shape index (κ1) is 16.6. The average molecular weight is 372 g/mol. The molecule has 3 heterocycles. The molecule has 2 aromatic carbocycles. The summed E-state index contributed by atoms with van der Waals surface area (Å²) in [6, 6.07) is 15.6. The Hall–Kier alpha value is -3.54. The first-order valence-electron chi connectivity index (χ1n) is 9.30. The lowest BCUT2D eigenvalue weighted by Crippen LogP contribution is -2.35. The van der Waals surface area contributed by atoms with E-state index in [1.807, 2.05) is 59.6 Å². The van der Waals surface area contributed by atoms with Crippen LogP contribution in [0.4, 0.5) is 0 Å². The quantitative estimate of drug-likeness (QED) is 0.575. The predicted octanol–water partition coefficient (Wildman–Crippen LogP) is 3.77. The number of nitrogens with zero attached hydrogens (tertiary/aromatic N) is 2. The second kappa shape index (κ2) is 6.56. The van der Waals surface area contributed by atoms with Gasteiger partial charge in [-0.05, 0) is 36.4 Å². The van der Waals surface area contributed by atoms with Gasteiger partial charge in [-0.2, -0.15) is 5.10 Å². The molecule has 0 saturated carbocycles. The molecule has 0 saturated heterocycles. The van der Waals surface area contributed by atoms with Crippen LogP contribution in [-0.4, -0.2) is 39.6 Å². The molecule has 1 aliphatic rings. The molecule has 1 aliphatic heterocycles. The molecule has 5 rings (SSSR count). The van der Waals surface area contributed by atoms with E-state index in [1.165, 1.54) is 0 Å². The zero-order chi connectivity index (χ0) is 19.1. The van der Waals surface area contributed by atoms with E-state index in [4.69, 9.17) is 4.74 Å². The molecule has 140 valence electrons. The predicted molar refractivity (Wildman–Crippen MR) is 107 cm³/mol. The van der Waals surface area contributed by atoms with E-state index in [0.717, 1.165) is 45.6 Å². The fraction of sp³-hybridized carbons (Fsp3) is 0.182. The number of amides is 1. The van der Waals surface area contributed by atoms with E-state index in [1.54, 1.807) is 7.11 Å². The minimum atomic E-state index is 0.0425. The number of methoxy groups -OCH3 is 1. The van der Waals surface area contributed by atoms with Crippen molar-refractivity contribution < 1.29 is 9.53 Å². The normalized spacial score (nSPS) is 13.5. The second-order valence-electron chi connectivity index (χ2n) is 6.99. The van der Waals surface area contributed by atoms with Gasteiger partial charge in [0.1, 0.15) is 11.4 Å². The highest BCUT2D eigenvalue weighted by Crippen LogP contribution is 2.34. The molecule has 6 nitrogen and oxygen atoms in total. The molecule has 6 heteroatoms.